The van der Waals surface area contributed by atoms with Crippen molar-refractivity contribution in [2.24, 2.45) is 0 Å². The third-order valence-electron chi connectivity index (χ3n) is 9.51. The van der Waals surface area contributed by atoms with E-state index in [0.717, 1.165) is 68.3 Å². The number of rotatable bonds is 4. The minimum absolute atomic E-state index is 0.00236. The predicted molar refractivity (Wildman–Crippen MR) is 162 cm³/mol. The molecular formula is C34H38N4O3. The molecule has 7 heteroatoms. The number of esters is 1. The maximum absolute atomic E-state index is 13.4. The van der Waals surface area contributed by atoms with E-state index in [1.165, 1.54) is 23.8 Å². The molecule has 2 aromatic rings. The summed E-state index contributed by atoms with van der Waals surface area (Å²) in [6.07, 6.45) is 4.27. The van der Waals surface area contributed by atoms with Gasteiger partial charge < -0.3 is 14.7 Å². The van der Waals surface area contributed by atoms with E-state index < -0.39 is 0 Å². The van der Waals surface area contributed by atoms with Crippen molar-refractivity contribution >= 4 is 39.5 Å². The number of methoxy groups -OCH3 is 1. The maximum atomic E-state index is 13.4. The Morgan fingerprint density at radius 2 is 1.90 bits per heavy atom. The second-order valence-corrected chi connectivity index (χ2v) is 11.7. The maximum Gasteiger partial charge on any atom is 0.305 e. The summed E-state index contributed by atoms with van der Waals surface area (Å²) in [4.78, 5) is 43.2. The molecular weight excluding hydrogens is 512 g/mol. The molecule has 3 atom stereocenters. The van der Waals surface area contributed by atoms with Crippen LogP contribution in [0.2, 0.25) is 0 Å². The largest absolute Gasteiger partial charge is 0.469 e. The molecule has 6 rings (SSSR count). The van der Waals surface area contributed by atoms with Crippen LogP contribution in [0.3, 0.4) is 0 Å². The number of hydrogen-bond donors (Lipinski definition) is 2. The summed E-state index contributed by atoms with van der Waals surface area (Å²) in [7, 11) is 1.42. The van der Waals surface area contributed by atoms with E-state index in [1.54, 1.807) is 0 Å². The van der Waals surface area contributed by atoms with Crippen molar-refractivity contribution in [3.8, 4) is 0 Å². The van der Waals surface area contributed by atoms with Gasteiger partial charge in [0, 0.05) is 64.3 Å². The van der Waals surface area contributed by atoms with E-state index in [-0.39, 0.29) is 29.5 Å². The van der Waals surface area contributed by atoms with Crippen LogP contribution in [-0.2, 0) is 16.0 Å². The molecule has 0 saturated carbocycles. The van der Waals surface area contributed by atoms with Gasteiger partial charge >= 0.3 is 5.97 Å². The number of carbonyl (C=O) groups is 2. The number of allylic oxidation sites excluding steroid dienone is 4. The minimum atomic E-state index is -0.232. The Morgan fingerprint density at radius 1 is 1.12 bits per heavy atom. The molecule has 7 nitrogen and oxygen atoms in total. The van der Waals surface area contributed by atoms with Crippen LogP contribution in [0.25, 0.3) is 27.8 Å². The number of nitrogens with one attached hydrogen (secondary N) is 2. The van der Waals surface area contributed by atoms with E-state index in [1.807, 2.05) is 6.92 Å². The van der Waals surface area contributed by atoms with Gasteiger partial charge in [0.2, 0.25) is 0 Å². The van der Waals surface area contributed by atoms with E-state index in [2.05, 4.69) is 68.9 Å². The zero-order valence-electron chi connectivity index (χ0n) is 25.0. The van der Waals surface area contributed by atoms with Crippen LogP contribution in [-0.4, -0.2) is 38.8 Å². The Labute approximate surface area is 240 Å². The fourth-order valence-corrected chi connectivity index (χ4v) is 7.06. The van der Waals surface area contributed by atoms with Gasteiger partial charge in [0.15, 0.2) is 5.78 Å². The number of ketones is 1. The standard InChI is InChI=1S/C34H38N4O3/c1-8-20-16(3)24-13-26-18(5)22(10-11-31(40)41-7)33(37-26)23-12-30(39)32-19(6)27(38-34(23)32)15-29-21(9-2)17(4)25(36-29)14-28(20)35-24/h8,13-16,18,22,35,38H,9-12H2,1-7H3/b20-8+,24-13?,28-14?,29-15?,33-23?. The van der Waals surface area contributed by atoms with Crippen molar-refractivity contribution in [1.82, 2.24) is 19.9 Å². The fraction of sp³-hybridized carbons (Fsp3) is 0.412. The zero-order valence-corrected chi connectivity index (χ0v) is 25.0. The molecule has 0 radical (unpaired) electrons. The van der Waals surface area contributed by atoms with Crippen molar-refractivity contribution in [2.45, 2.75) is 85.0 Å². The molecule has 8 bridgehead atoms. The molecule has 5 heterocycles. The van der Waals surface area contributed by atoms with Crippen molar-refractivity contribution in [1.29, 1.82) is 0 Å². The highest BCUT2D eigenvalue weighted by atomic mass is 16.5. The summed E-state index contributed by atoms with van der Waals surface area (Å²) < 4.78 is 4.97. The number of aryl methyl sites for hydroxylation is 1. The Bertz CT molecular complexity index is 1750. The molecule has 3 unspecified atom stereocenters. The highest BCUT2D eigenvalue weighted by Gasteiger charge is 2.36. The first-order chi connectivity index (χ1) is 19.7. The third kappa shape index (κ3) is 4.25. The summed E-state index contributed by atoms with van der Waals surface area (Å²) in [5.41, 5.74) is 14.0. The number of Topliss-reactive ketones (excluding diaryl/α,β-unsaturated/α-hetero) is 1. The summed E-state index contributed by atoms with van der Waals surface area (Å²) in [5, 5.41) is 0. The quantitative estimate of drug-likeness (QED) is 0.385. The zero-order chi connectivity index (χ0) is 29.2. The van der Waals surface area contributed by atoms with Crippen LogP contribution in [0, 0.1) is 6.92 Å². The van der Waals surface area contributed by atoms with Crippen LogP contribution in [0.1, 0.15) is 127 Å². The van der Waals surface area contributed by atoms with Gasteiger partial charge in [0.1, 0.15) is 0 Å². The van der Waals surface area contributed by atoms with E-state index in [0.29, 0.717) is 19.3 Å². The highest BCUT2D eigenvalue weighted by Crippen LogP contribution is 2.45. The van der Waals surface area contributed by atoms with Crippen molar-refractivity contribution in [3.05, 3.63) is 75.1 Å². The summed E-state index contributed by atoms with van der Waals surface area (Å²) in [6, 6.07) is 6.43. The van der Waals surface area contributed by atoms with Gasteiger partial charge in [-0.25, -0.2) is 4.98 Å². The molecule has 0 saturated heterocycles. The van der Waals surface area contributed by atoms with Gasteiger partial charge in [-0.3, -0.25) is 14.6 Å². The number of ether oxygens (including phenoxy) is 1. The normalized spacial score (nSPS) is 21.6. The first kappa shape index (κ1) is 27.2. The molecule has 212 valence electrons. The van der Waals surface area contributed by atoms with Crippen LogP contribution >= 0.6 is 0 Å². The predicted octanol–water partition coefficient (Wildman–Crippen LogP) is 7.47. The highest BCUT2D eigenvalue weighted by molar-refractivity contribution is 6.13. The van der Waals surface area contributed by atoms with Crippen LogP contribution in [0.5, 0.6) is 0 Å². The Balaban J connectivity index is 1.71. The number of nitrogens with zero attached hydrogens (tertiary/aromatic N) is 2. The van der Waals surface area contributed by atoms with Gasteiger partial charge in [0.25, 0.3) is 0 Å². The van der Waals surface area contributed by atoms with Crippen molar-refractivity contribution in [3.63, 3.8) is 0 Å². The second kappa shape index (κ2) is 10.1. The smallest absolute Gasteiger partial charge is 0.305 e. The molecule has 0 amide bonds. The molecule has 41 heavy (non-hydrogen) atoms. The Kier molecular flexibility index (Phi) is 6.71. The third-order valence-corrected chi connectivity index (χ3v) is 9.51. The minimum Gasteiger partial charge on any atom is -0.469 e. The summed E-state index contributed by atoms with van der Waals surface area (Å²) in [5.74, 6) is 0.127. The lowest BCUT2D eigenvalue weighted by atomic mass is 9.85. The number of fused-ring (bicyclic) bond motifs is 8. The fourth-order valence-electron chi connectivity index (χ4n) is 7.06. The topological polar surface area (TPSA) is 101 Å². The van der Waals surface area contributed by atoms with Crippen molar-refractivity contribution < 1.29 is 14.3 Å². The molecule has 2 aromatic heterocycles. The Morgan fingerprint density at radius 3 is 2.61 bits per heavy atom. The molecule has 1 aliphatic carbocycles. The molecule has 0 aromatic carbocycles. The van der Waals surface area contributed by atoms with Crippen molar-refractivity contribution in [2.75, 3.05) is 7.11 Å². The lowest BCUT2D eigenvalue weighted by molar-refractivity contribution is -0.140. The molecule has 3 aliphatic heterocycles. The number of H-pyrrole nitrogens is 2. The second-order valence-electron chi connectivity index (χ2n) is 11.7. The molecule has 2 N–H and O–H groups in total. The molecule has 0 spiro atoms. The van der Waals surface area contributed by atoms with Crippen LogP contribution in [0.15, 0.2) is 24.3 Å². The SMILES string of the molecule is C/C=C1/c2cc3nc(cc4[nH]c5c(c6nc(cc([nH]2)C1C)C(C)C6CCC(=O)OC)CC(=O)c5c4C)C(CC)=C3C. The van der Waals surface area contributed by atoms with E-state index >= 15 is 0 Å². The average molecular weight is 551 g/mol. The van der Waals surface area contributed by atoms with Gasteiger partial charge in [-0.15, -0.1) is 0 Å². The van der Waals surface area contributed by atoms with E-state index in [4.69, 9.17) is 14.7 Å². The summed E-state index contributed by atoms with van der Waals surface area (Å²) >= 11 is 0. The average Bonchev–Trinajstić information content (AvgIpc) is 3.70. The molecule has 0 fully saturated rings. The lowest BCUT2D eigenvalue weighted by Gasteiger charge is -2.16. The van der Waals surface area contributed by atoms with E-state index in [9.17, 15) is 9.59 Å². The number of carbonyl (C=O) groups excluding carboxylic acids is 2. The van der Waals surface area contributed by atoms with Gasteiger partial charge in [-0.2, -0.15) is 0 Å². The lowest BCUT2D eigenvalue weighted by Crippen LogP contribution is -2.09. The monoisotopic (exact) mass is 550 g/mol. The summed E-state index contributed by atoms with van der Waals surface area (Å²) in [6.45, 7) is 12.8. The first-order valence-electron chi connectivity index (χ1n) is 14.7. The van der Waals surface area contributed by atoms with Crippen LogP contribution < -0.4 is 0 Å². The van der Waals surface area contributed by atoms with Gasteiger partial charge in [0.05, 0.1) is 29.7 Å². The van der Waals surface area contributed by atoms with Gasteiger partial charge in [-0.05, 0) is 74.1 Å². The number of aromatic nitrogens is 4. The number of hydrogen-bond acceptors (Lipinski definition) is 5. The molecule has 4 aliphatic rings. The van der Waals surface area contributed by atoms with Gasteiger partial charge in [-0.1, -0.05) is 26.8 Å². The first-order valence-corrected chi connectivity index (χ1v) is 14.7. The van der Waals surface area contributed by atoms with Crippen LogP contribution in [0.4, 0.5) is 0 Å². The number of aromatic amines is 2. The Hall–Kier alpha value is -4.00.